The Labute approximate surface area is 229 Å². The minimum atomic E-state index is 0.178. The number of hydrogen-bond donors (Lipinski definition) is 2. The molecule has 0 spiro atoms. The van der Waals surface area contributed by atoms with E-state index in [9.17, 15) is 9.59 Å². The van der Waals surface area contributed by atoms with E-state index >= 15 is 0 Å². The van der Waals surface area contributed by atoms with E-state index in [0.717, 1.165) is 32.6 Å². The topological polar surface area (TPSA) is 64.7 Å². The molecule has 2 N–H and O–H groups in total. The Balaban J connectivity index is 1.89. The van der Waals surface area contributed by atoms with Crippen LogP contribution in [0.15, 0.2) is 12.4 Å². The first-order valence-electron chi connectivity index (χ1n) is 15.9. The third kappa shape index (κ3) is 21.0. The van der Waals surface area contributed by atoms with Gasteiger partial charge in [-0.3, -0.25) is 9.59 Å². The summed E-state index contributed by atoms with van der Waals surface area (Å²) >= 11 is 0. The molecule has 0 saturated heterocycles. The second-order valence-corrected chi connectivity index (χ2v) is 10.9. The molecule has 0 radical (unpaired) electrons. The van der Waals surface area contributed by atoms with E-state index in [-0.39, 0.29) is 11.8 Å². The van der Waals surface area contributed by atoms with Crippen molar-refractivity contribution >= 4 is 11.8 Å². The number of carbonyl (C=O) groups is 2. The molecule has 1 aliphatic rings. The van der Waals surface area contributed by atoms with Crippen LogP contribution >= 0.6 is 0 Å². The summed E-state index contributed by atoms with van der Waals surface area (Å²) in [6.07, 6.45) is 28.4. The molecule has 0 fully saturated rings. The lowest BCUT2D eigenvalue weighted by atomic mass is 10.1. The second-order valence-electron chi connectivity index (χ2n) is 10.9. The molecular formula is C31H60N4O2. The average Bonchev–Trinajstić information content (AvgIpc) is 3.34. The fourth-order valence-corrected chi connectivity index (χ4v) is 4.85. The van der Waals surface area contributed by atoms with Gasteiger partial charge in [0.05, 0.1) is 6.67 Å². The molecule has 6 heteroatoms. The van der Waals surface area contributed by atoms with Crippen LogP contribution in [-0.2, 0) is 9.59 Å². The molecule has 2 amide bonds. The van der Waals surface area contributed by atoms with Crippen molar-refractivity contribution in [3.8, 4) is 0 Å². The van der Waals surface area contributed by atoms with E-state index in [1.165, 1.54) is 103 Å². The van der Waals surface area contributed by atoms with E-state index in [4.69, 9.17) is 0 Å². The minimum absolute atomic E-state index is 0.178. The molecule has 37 heavy (non-hydrogen) atoms. The molecule has 6 nitrogen and oxygen atoms in total. The van der Waals surface area contributed by atoms with Crippen LogP contribution in [0.5, 0.6) is 0 Å². The predicted octanol–water partition coefficient (Wildman–Crippen LogP) is 7.11. The molecule has 0 aliphatic carbocycles. The monoisotopic (exact) mass is 520 g/mol. The largest absolute Gasteiger partial charge is 0.357 e. The number of rotatable bonds is 26. The normalized spacial score (nSPS) is 12.9. The van der Waals surface area contributed by atoms with Crippen LogP contribution in [0, 0.1) is 0 Å². The standard InChI is InChI=1S/C31H60N4O2/c1-3-5-7-9-11-13-15-17-19-21-30(36)32-23-25-34-27-28-35(29-34)26-24-33-31(37)22-20-18-16-14-12-10-8-6-4-2/h27-28H,3-26,29H2,1-2H3,(H,32,36)(H,33,37). The van der Waals surface area contributed by atoms with Crippen LogP contribution in [0.1, 0.15) is 142 Å². The van der Waals surface area contributed by atoms with E-state index in [2.05, 4.69) is 46.7 Å². The van der Waals surface area contributed by atoms with Gasteiger partial charge in [-0.1, -0.05) is 117 Å². The van der Waals surface area contributed by atoms with Crippen molar-refractivity contribution in [3.63, 3.8) is 0 Å². The molecule has 0 atom stereocenters. The first-order chi connectivity index (χ1) is 18.2. The van der Waals surface area contributed by atoms with Crippen LogP contribution in [0.25, 0.3) is 0 Å². The summed E-state index contributed by atoms with van der Waals surface area (Å²) in [6.45, 7) is 8.34. The lowest BCUT2D eigenvalue weighted by Gasteiger charge is -2.21. The lowest BCUT2D eigenvalue weighted by molar-refractivity contribution is -0.122. The van der Waals surface area contributed by atoms with Gasteiger partial charge < -0.3 is 20.4 Å². The Hall–Kier alpha value is -1.72. The van der Waals surface area contributed by atoms with Gasteiger partial charge in [0.2, 0.25) is 11.8 Å². The Morgan fingerprint density at radius 2 is 0.865 bits per heavy atom. The van der Waals surface area contributed by atoms with Gasteiger partial charge in [0.1, 0.15) is 0 Å². The van der Waals surface area contributed by atoms with E-state index in [1.807, 2.05) is 0 Å². The Morgan fingerprint density at radius 3 is 1.22 bits per heavy atom. The fraction of sp³-hybridized carbons (Fsp3) is 0.871. The van der Waals surface area contributed by atoms with Crippen molar-refractivity contribution in [2.24, 2.45) is 0 Å². The van der Waals surface area contributed by atoms with Gasteiger partial charge in [0, 0.05) is 51.4 Å². The Bertz CT molecular complexity index is 534. The summed E-state index contributed by atoms with van der Waals surface area (Å²) in [6, 6.07) is 0. The van der Waals surface area contributed by atoms with Crippen LogP contribution < -0.4 is 10.6 Å². The number of carbonyl (C=O) groups excluding carboxylic acids is 2. The molecule has 1 heterocycles. The molecule has 0 bridgehead atoms. The predicted molar refractivity (Wildman–Crippen MR) is 157 cm³/mol. The van der Waals surface area contributed by atoms with Gasteiger partial charge in [-0.2, -0.15) is 0 Å². The minimum Gasteiger partial charge on any atom is -0.357 e. The van der Waals surface area contributed by atoms with Crippen molar-refractivity contribution in [2.45, 2.75) is 142 Å². The van der Waals surface area contributed by atoms with Crippen molar-refractivity contribution < 1.29 is 9.59 Å². The highest BCUT2D eigenvalue weighted by atomic mass is 16.2. The van der Waals surface area contributed by atoms with Crippen molar-refractivity contribution in [2.75, 3.05) is 32.8 Å². The molecule has 0 saturated carbocycles. The maximum Gasteiger partial charge on any atom is 0.220 e. The molecule has 0 aromatic heterocycles. The Morgan fingerprint density at radius 1 is 0.541 bits per heavy atom. The zero-order valence-corrected chi connectivity index (χ0v) is 24.5. The maximum atomic E-state index is 12.1. The first-order valence-corrected chi connectivity index (χ1v) is 15.9. The summed E-state index contributed by atoms with van der Waals surface area (Å²) in [4.78, 5) is 28.6. The van der Waals surface area contributed by atoms with E-state index in [1.54, 1.807) is 0 Å². The van der Waals surface area contributed by atoms with Crippen LogP contribution in [0.2, 0.25) is 0 Å². The second kappa shape index (κ2) is 24.6. The van der Waals surface area contributed by atoms with Crippen LogP contribution in [-0.4, -0.2) is 54.5 Å². The van der Waals surface area contributed by atoms with E-state index < -0.39 is 0 Å². The van der Waals surface area contributed by atoms with Gasteiger partial charge >= 0.3 is 0 Å². The van der Waals surface area contributed by atoms with Gasteiger partial charge in [-0.25, -0.2) is 0 Å². The zero-order chi connectivity index (χ0) is 26.8. The average molecular weight is 521 g/mol. The molecule has 0 aromatic rings. The zero-order valence-electron chi connectivity index (χ0n) is 24.5. The highest BCUT2D eigenvalue weighted by Crippen LogP contribution is 2.11. The van der Waals surface area contributed by atoms with Crippen molar-refractivity contribution in [3.05, 3.63) is 12.4 Å². The van der Waals surface area contributed by atoms with Gasteiger partial charge in [0.15, 0.2) is 0 Å². The van der Waals surface area contributed by atoms with Crippen molar-refractivity contribution in [1.29, 1.82) is 0 Å². The summed E-state index contributed by atoms with van der Waals surface area (Å²) in [5, 5.41) is 6.12. The number of unbranched alkanes of at least 4 members (excludes halogenated alkanes) is 16. The molecule has 0 unspecified atom stereocenters. The highest BCUT2D eigenvalue weighted by Gasteiger charge is 2.12. The maximum absolute atomic E-state index is 12.1. The molecular weight excluding hydrogens is 460 g/mol. The summed E-state index contributed by atoms with van der Waals surface area (Å²) in [5.41, 5.74) is 0. The number of nitrogens with one attached hydrogen (secondary N) is 2. The molecule has 1 rings (SSSR count). The van der Waals surface area contributed by atoms with E-state index in [0.29, 0.717) is 25.9 Å². The third-order valence-electron chi connectivity index (χ3n) is 7.31. The molecule has 216 valence electrons. The first kappa shape index (κ1) is 33.3. The number of hydrogen-bond acceptors (Lipinski definition) is 4. The van der Waals surface area contributed by atoms with Gasteiger partial charge in [-0.15, -0.1) is 0 Å². The van der Waals surface area contributed by atoms with Crippen molar-refractivity contribution in [1.82, 2.24) is 20.4 Å². The SMILES string of the molecule is CCCCCCCCCCCC(=O)NCCN1C=CN(CCNC(=O)CCCCCCCCCCC)C1. The van der Waals surface area contributed by atoms with Crippen LogP contribution in [0.3, 0.4) is 0 Å². The number of nitrogens with zero attached hydrogens (tertiary/aromatic N) is 2. The fourth-order valence-electron chi connectivity index (χ4n) is 4.85. The summed E-state index contributed by atoms with van der Waals surface area (Å²) in [5.74, 6) is 0.357. The van der Waals surface area contributed by atoms with Gasteiger partial charge in [-0.05, 0) is 12.8 Å². The van der Waals surface area contributed by atoms with Gasteiger partial charge in [0.25, 0.3) is 0 Å². The summed E-state index contributed by atoms with van der Waals surface area (Å²) < 4.78 is 0. The number of amides is 2. The van der Waals surface area contributed by atoms with Crippen LogP contribution in [0.4, 0.5) is 0 Å². The molecule has 0 aromatic carbocycles. The highest BCUT2D eigenvalue weighted by molar-refractivity contribution is 5.76. The molecule has 1 aliphatic heterocycles. The lowest BCUT2D eigenvalue weighted by Crippen LogP contribution is -2.36. The summed E-state index contributed by atoms with van der Waals surface area (Å²) in [7, 11) is 0. The quantitative estimate of drug-likeness (QED) is 0.119. The third-order valence-corrected chi connectivity index (χ3v) is 7.31. The Kier molecular flexibility index (Phi) is 22.2. The smallest absolute Gasteiger partial charge is 0.220 e.